The fourth-order valence-corrected chi connectivity index (χ4v) is 4.40. The average Bonchev–Trinajstić information content (AvgIpc) is 2.76. The molecule has 0 aliphatic heterocycles. The first-order valence-electron chi connectivity index (χ1n) is 9.10. The molecule has 0 saturated carbocycles. The molecule has 0 heterocycles. The van der Waals surface area contributed by atoms with Crippen LogP contribution in [0.25, 0.3) is 10.8 Å². The molecule has 0 aromatic heterocycles. The van der Waals surface area contributed by atoms with Crippen molar-refractivity contribution in [1.29, 1.82) is 0 Å². The van der Waals surface area contributed by atoms with Gasteiger partial charge in [-0.15, -0.1) is 0 Å². The van der Waals surface area contributed by atoms with Crippen molar-refractivity contribution in [2.45, 2.75) is 4.90 Å². The van der Waals surface area contributed by atoms with Crippen molar-refractivity contribution in [3.63, 3.8) is 0 Å². The van der Waals surface area contributed by atoms with Crippen LogP contribution in [-0.2, 0) is 10.0 Å². The second-order valence-corrected chi connectivity index (χ2v) is 8.24. The predicted octanol–water partition coefficient (Wildman–Crippen LogP) is 5.03. The van der Waals surface area contributed by atoms with Gasteiger partial charge in [0.05, 0.1) is 4.90 Å². The van der Waals surface area contributed by atoms with Crippen LogP contribution in [0, 0.1) is 5.82 Å². The minimum Gasteiger partial charge on any atom is -0.321 e. The highest BCUT2D eigenvalue weighted by Gasteiger charge is 2.19. The van der Waals surface area contributed by atoms with Gasteiger partial charge in [0.2, 0.25) is 0 Å². The molecule has 0 radical (unpaired) electrons. The molecule has 0 fully saturated rings. The number of sulfonamides is 1. The average molecular weight is 420 g/mol. The molecule has 4 aromatic rings. The summed E-state index contributed by atoms with van der Waals surface area (Å²) in [6.45, 7) is 0. The number of carbonyl (C=O) groups excluding carboxylic acids is 1. The third-order valence-electron chi connectivity index (χ3n) is 4.55. The van der Waals surface area contributed by atoms with Crippen molar-refractivity contribution in [1.82, 2.24) is 0 Å². The number of nitrogens with one attached hydrogen (secondary N) is 2. The van der Waals surface area contributed by atoms with E-state index in [1.807, 2.05) is 6.07 Å². The molecule has 0 saturated heterocycles. The largest absolute Gasteiger partial charge is 0.321 e. The number of anilines is 2. The van der Waals surface area contributed by atoms with E-state index in [0.29, 0.717) is 22.0 Å². The summed E-state index contributed by atoms with van der Waals surface area (Å²) in [7, 11) is -3.94. The number of hydrogen-bond acceptors (Lipinski definition) is 3. The van der Waals surface area contributed by atoms with Gasteiger partial charge >= 0.3 is 0 Å². The van der Waals surface area contributed by atoms with Crippen LogP contribution in [0.2, 0.25) is 0 Å². The SMILES string of the molecule is O=C(Nc1ccc(S(=O)(=O)Nc2ccc(F)cc2)c2ccccc12)c1ccccc1. The van der Waals surface area contributed by atoms with E-state index in [1.54, 1.807) is 54.6 Å². The van der Waals surface area contributed by atoms with E-state index in [1.165, 1.54) is 30.3 Å². The van der Waals surface area contributed by atoms with Crippen molar-refractivity contribution < 1.29 is 17.6 Å². The van der Waals surface area contributed by atoms with Crippen LogP contribution >= 0.6 is 0 Å². The molecular weight excluding hydrogens is 403 g/mol. The van der Waals surface area contributed by atoms with Crippen LogP contribution in [0.4, 0.5) is 15.8 Å². The van der Waals surface area contributed by atoms with Gasteiger partial charge in [0.25, 0.3) is 15.9 Å². The number of fused-ring (bicyclic) bond motifs is 1. The lowest BCUT2D eigenvalue weighted by Crippen LogP contribution is -2.15. The molecule has 0 spiro atoms. The summed E-state index contributed by atoms with van der Waals surface area (Å²) >= 11 is 0. The fourth-order valence-electron chi connectivity index (χ4n) is 3.13. The Kier molecular flexibility index (Phi) is 5.20. The summed E-state index contributed by atoms with van der Waals surface area (Å²) in [5.41, 5.74) is 1.25. The topological polar surface area (TPSA) is 75.3 Å². The summed E-state index contributed by atoms with van der Waals surface area (Å²) in [4.78, 5) is 12.6. The van der Waals surface area contributed by atoms with Crippen LogP contribution in [0.3, 0.4) is 0 Å². The van der Waals surface area contributed by atoms with Gasteiger partial charge in [-0.1, -0.05) is 42.5 Å². The van der Waals surface area contributed by atoms with Crippen molar-refractivity contribution >= 4 is 38.1 Å². The van der Waals surface area contributed by atoms with Gasteiger partial charge in [0.1, 0.15) is 5.82 Å². The van der Waals surface area contributed by atoms with Crippen molar-refractivity contribution in [3.05, 3.63) is 102 Å². The molecule has 0 unspecified atom stereocenters. The molecule has 2 N–H and O–H groups in total. The van der Waals surface area contributed by atoms with Crippen molar-refractivity contribution in [2.24, 2.45) is 0 Å². The molecule has 30 heavy (non-hydrogen) atoms. The van der Waals surface area contributed by atoms with Crippen LogP contribution in [0.1, 0.15) is 10.4 Å². The summed E-state index contributed by atoms with van der Waals surface area (Å²) in [5.74, 6) is -0.747. The lowest BCUT2D eigenvalue weighted by Gasteiger charge is -2.14. The Morgan fingerprint density at radius 3 is 2.07 bits per heavy atom. The molecule has 4 rings (SSSR count). The normalized spacial score (nSPS) is 11.2. The number of carbonyl (C=O) groups is 1. The van der Waals surface area contributed by atoms with Crippen molar-refractivity contribution in [3.8, 4) is 0 Å². The maximum atomic E-state index is 13.1. The highest BCUT2D eigenvalue weighted by atomic mass is 32.2. The van der Waals surface area contributed by atoms with E-state index < -0.39 is 15.8 Å². The lowest BCUT2D eigenvalue weighted by molar-refractivity contribution is 0.102. The van der Waals surface area contributed by atoms with Gasteiger partial charge in [0.15, 0.2) is 0 Å². The number of rotatable bonds is 5. The molecule has 0 bridgehead atoms. The van der Waals surface area contributed by atoms with E-state index in [4.69, 9.17) is 0 Å². The van der Waals surface area contributed by atoms with E-state index in [-0.39, 0.29) is 16.5 Å². The predicted molar refractivity (Wildman–Crippen MR) is 116 cm³/mol. The molecule has 5 nitrogen and oxygen atoms in total. The second-order valence-electron chi connectivity index (χ2n) is 6.59. The Labute approximate surface area is 173 Å². The van der Waals surface area contributed by atoms with Gasteiger partial charge in [-0.3, -0.25) is 9.52 Å². The quantitative estimate of drug-likeness (QED) is 0.475. The maximum absolute atomic E-state index is 13.1. The second kappa shape index (κ2) is 7.96. The van der Waals surface area contributed by atoms with Crippen molar-refractivity contribution in [2.75, 3.05) is 10.0 Å². The zero-order chi connectivity index (χ0) is 21.1. The van der Waals surface area contributed by atoms with E-state index in [9.17, 15) is 17.6 Å². The highest BCUT2D eigenvalue weighted by Crippen LogP contribution is 2.31. The van der Waals surface area contributed by atoms with Gasteiger partial charge in [-0.05, 0) is 48.5 Å². The first kappa shape index (κ1) is 19.6. The zero-order valence-electron chi connectivity index (χ0n) is 15.7. The molecular formula is C23H17FN2O3S. The smallest absolute Gasteiger partial charge is 0.262 e. The number of hydrogen-bond donors (Lipinski definition) is 2. The maximum Gasteiger partial charge on any atom is 0.262 e. The summed E-state index contributed by atoms with van der Waals surface area (Å²) in [6.07, 6.45) is 0. The van der Waals surface area contributed by atoms with E-state index in [2.05, 4.69) is 10.0 Å². The van der Waals surface area contributed by atoms with E-state index in [0.717, 1.165) is 0 Å². The minimum absolute atomic E-state index is 0.0557. The summed E-state index contributed by atoms with van der Waals surface area (Å²) < 4.78 is 41.5. The number of halogens is 1. The van der Waals surface area contributed by atoms with Crippen LogP contribution in [0.15, 0.2) is 95.9 Å². The highest BCUT2D eigenvalue weighted by molar-refractivity contribution is 7.93. The van der Waals surface area contributed by atoms with Crippen LogP contribution in [-0.4, -0.2) is 14.3 Å². The minimum atomic E-state index is -3.94. The first-order valence-corrected chi connectivity index (χ1v) is 10.6. The first-order chi connectivity index (χ1) is 14.4. The third-order valence-corrected chi connectivity index (χ3v) is 5.99. The Morgan fingerprint density at radius 1 is 0.733 bits per heavy atom. The Morgan fingerprint density at radius 2 is 1.37 bits per heavy atom. The number of amides is 1. The molecule has 4 aromatic carbocycles. The molecule has 0 aliphatic rings. The summed E-state index contributed by atoms with van der Waals surface area (Å²) in [6, 6.07) is 23.7. The number of benzene rings is 4. The fraction of sp³-hybridized carbons (Fsp3) is 0. The Balaban J connectivity index is 1.72. The Hall–Kier alpha value is -3.71. The molecule has 0 aliphatic carbocycles. The molecule has 150 valence electrons. The third kappa shape index (κ3) is 4.01. The standard InChI is InChI=1S/C23H17FN2O3S/c24-17-10-12-18(13-11-17)26-30(28,29)22-15-14-21(19-8-4-5-9-20(19)22)25-23(27)16-6-2-1-3-7-16/h1-15,26H,(H,25,27). The van der Waals surface area contributed by atoms with Gasteiger partial charge in [-0.25, -0.2) is 12.8 Å². The Bertz CT molecular complexity index is 1320. The molecule has 0 atom stereocenters. The van der Waals surface area contributed by atoms with Crippen LogP contribution in [0.5, 0.6) is 0 Å². The molecule has 7 heteroatoms. The van der Waals surface area contributed by atoms with Gasteiger partial charge in [-0.2, -0.15) is 0 Å². The molecule has 1 amide bonds. The van der Waals surface area contributed by atoms with Crippen LogP contribution < -0.4 is 10.0 Å². The lowest BCUT2D eigenvalue weighted by atomic mass is 10.1. The zero-order valence-corrected chi connectivity index (χ0v) is 16.5. The summed E-state index contributed by atoms with van der Waals surface area (Å²) in [5, 5.41) is 3.88. The van der Waals surface area contributed by atoms with Gasteiger partial charge < -0.3 is 5.32 Å². The van der Waals surface area contributed by atoms with E-state index >= 15 is 0 Å². The monoisotopic (exact) mass is 420 g/mol. The van der Waals surface area contributed by atoms with Gasteiger partial charge in [0, 0.05) is 27.7 Å².